The molecule has 1 amide bonds. The van der Waals surface area contributed by atoms with Crippen molar-refractivity contribution >= 4 is 33.9 Å². The van der Waals surface area contributed by atoms with E-state index in [1.165, 1.54) is 12.3 Å². The first-order chi connectivity index (χ1) is 12.6. The van der Waals surface area contributed by atoms with Crippen LogP contribution in [0.1, 0.15) is 5.56 Å². The third-order valence-electron chi connectivity index (χ3n) is 3.78. The predicted molar refractivity (Wildman–Crippen MR) is 102 cm³/mol. The number of anilines is 3. The molecular weight excluding hydrogens is 328 g/mol. The summed E-state index contributed by atoms with van der Waals surface area (Å²) in [6.07, 6.45) is 2.72. The minimum absolute atomic E-state index is 0.309. The van der Waals surface area contributed by atoms with E-state index in [2.05, 4.69) is 28.3 Å². The quantitative estimate of drug-likeness (QED) is 0.684. The zero-order valence-corrected chi connectivity index (χ0v) is 14.1. The van der Waals surface area contributed by atoms with Gasteiger partial charge in [0, 0.05) is 29.0 Å². The number of pyridine rings is 1. The van der Waals surface area contributed by atoms with E-state index in [0.29, 0.717) is 33.6 Å². The van der Waals surface area contributed by atoms with Gasteiger partial charge < -0.3 is 15.4 Å². The first-order valence-corrected chi connectivity index (χ1v) is 7.82. The number of benzene rings is 2. The van der Waals surface area contributed by atoms with Crippen LogP contribution in [-0.4, -0.2) is 18.0 Å². The minimum Gasteiger partial charge on any atom is -0.497 e. The van der Waals surface area contributed by atoms with E-state index in [-0.39, 0.29) is 5.91 Å². The molecule has 0 saturated carbocycles. The molecule has 3 rings (SSSR count). The Morgan fingerprint density at radius 3 is 2.85 bits per heavy atom. The highest BCUT2D eigenvalue weighted by Gasteiger charge is 2.11. The predicted octanol–water partition coefficient (Wildman–Crippen LogP) is 3.98. The van der Waals surface area contributed by atoms with Gasteiger partial charge in [0.2, 0.25) is 5.91 Å². The molecule has 0 spiro atoms. The Morgan fingerprint density at radius 2 is 2.12 bits per heavy atom. The third-order valence-corrected chi connectivity index (χ3v) is 3.78. The highest BCUT2D eigenvalue weighted by atomic mass is 16.5. The molecule has 2 N–H and O–H groups in total. The lowest BCUT2D eigenvalue weighted by atomic mass is 10.1. The van der Waals surface area contributed by atoms with Crippen LogP contribution in [0.25, 0.3) is 10.9 Å². The molecule has 6 nitrogen and oxygen atoms in total. The third kappa shape index (κ3) is 3.47. The van der Waals surface area contributed by atoms with Crippen LogP contribution in [0.3, 0.4) is 0 Å². The van der Waals surface area contributed by atoms with Gasteiger partial charge in [-0.05, 0) is 36.4 Å². The van der Waals surface area contributed by atoms with Gasteiger partial charge in [0.05, 0.1) is 23.9 Å². The van der Waals surface area contributed by atoms with Crippen LogP contribution >= 0.6 is 0 Å². The lowest BCUT2D eigenvalue weighted by molar-refractivity contribution is -0.111. The van der Waals surface area contributed by atoms with Crippen molar-refractivity contribution < 1.29 is 9.53 Å². The molecule has 0 aliphatic heterocycles. The van der Waals surface area contributed by atoms with Crippen molar-refractivity contribution in [3.8, 4) is 11.8 Å². The van der Waals surface area contributed by atoms with E-state index in [1.807, 2.05) is 24.3 Å². The average molecular weight is 344 g/mol. The van der Waals surface area contributed by atoms with Crippen molar-refractivity contribution in [3.63, 3.8) is 0 Å². The van der Waals surface area contributed by atoms with Crippen LogP contribution in [0.5, 0.6) is 5.75 Å². The van der Waals surface area contributed by atoms with Crippen LogP contribution < -0.4 is 15.4 Å². The number of nitrogens with zero attached hydrogens (tertiary/aromatic N) is 2. The van der Waals surface area contributed by atoms with Gasteiger partial charge in [-0.15, -0.1) is 0 Å². The van der Waals surface area contributed by atoms with E-state index in [0.717, 1.165) is 5.69 Å². The number of hydrogen-bond acceptors (Lipinski definition) is 5. The molecule has 0 radical (unpaired) electrons. The SMILES string of the molecule is C=CC(=O)Nc1ccc2ncc(C#N)c(Nc3cccc(OC)c3)c2c1. The second kappa shape index (κ2) is 7.36. The molecule has 0 fully saturated rings. The summed E-state index contributed by atoms with van der Waals surface area (Å²) in [6.45, 7) is 3.44. The van der Waals surface area contributed by atoms with E-state index < -0.39 is 0 Å². The molecule has 0 atom stereocenters. The summed E-state index contributed by atoms with van der Waals surface area (Å²) in [5.74, 6) is 0.391. The number of amides is 1. The number of carbonyl (C=O) groups excluding carboxylic acids is 1. The highest BCUT2D eigenvalue weighted by molar-refractivity contribution is 6.02. The Labute approximate surface area is 150 Å². The molecule has 0 saturated heterocycles. The second-order valence-electron chi connectivity index (χ2n) is 5.44. The fourth-order valence-electron chi connectivity index (χ4n) is 2.53. The van der Waals surface area contributed by atoms with Gasteiger partial charge >= 0.3 is 0 Å². The van der Waals surface area contributed by atoms with Crippen molar-refractivity contribution in [2.24, 2.45) is 0 Å². The monoisotopic (exact) mass is 344 g/mol. The summed E-state index contributed by atoms with van der Waals surface area (Å²) < 4.78 is 5.24. The maximum atomic E-state index is 11.6. The summed E-state index contributed by atoms with van der Waals surface area (Å²) in [5.41, 5.74) is 3.07. The van der Waals surface area contributed by atoms with E-state index >= 15 is 0 Å². The maximum Gasteiger partial charge on any atom is 0.247 e. The molecule has 2 aromatic carbocycles. The van der Waals surface area contributed by atoms with Gasteiger partial charge in [-0.1, -0.05) is 12.6 Å². The Hall–Kier alpha value is -3.85. The number of hydrogen-bond donors (Lipinski definition) is 2. The minimum atomic E-state index is -0.309. The lowest BCUT2D eigenvalue weighted by Crippen LogP contribution is -2.07. The van der Waals surface area contributed by atoms with Crippen molar-refractivity contribution in [2.75, 3.05) is 17.7 Å². The van der Waals surface area contributed by atoms with Gasteiger partial charge in [-0.2, -0.15) is 5.26 Å². The highest BCUT2D eigenvalue weighted by Crippen LogP contribution is 2.31. The van der Waals surface area contributed by atoms with Crippen molar-refractivity contribution in [1.29, 1.82) is 5.26 Å². The fraction of sp³-hybridized carbons (Fsp3) is 0.0500. The van der Waals surface area contributed by atoms with Gasteiger partial charge in [0.25, 0.3) is 0 Å². The first kappa shape index (κ1) is 17.0. The number of rotatable bonds is 5. The van der Waals surface area contributed by atoms with Crippen molar-refractivity contribution in [3.05, 3.63) is 66.9 Å². The van der Waals surface area contributed by atoms with Gasteiger partial charge in [-0.25, -0.2) is 0 Å². The Balaban J connectivity index is 2.11. The Bertz CT molecular complexity index is 1040. The molecule has 0 aliphatic rings. The molecule has 1 aromatic heterocycles. The number of nitrogens with one attached hydrogen (secondary N) is 2. The van der Waals surface area contributed by atoms with Gasteiger partial charge in [0.1, 0.15) is 11.8 Å². The smallest absolute Gasteiger partial charge is 0.247 e. The van der Waals surface area contributed by atoms with Gasteiger partial charge in [0.15, 0.2) is 0 Å². The van der Waals surface area contributed by atoms with E-state index in [9.17, 15) is 10.1 Å². The Morgan fingerprint density at radius 1 is 1.27 bits per heavy atom. The van der Waals surface area contributed by atoms with E-state index in [4.69, 9.17) is 4.74 Å². The zero-order valence-electron chi connectivity index (χ0n) is 14.1. The molecule has 3 aromatic rings. The summed E-state index contributed by atoms with van der Waals surface area (Å²) in [7, 11) is 1.59. The topological polar surface area (TPSA) is 87.0 Å². The molecule has 0 bridgehead atoms. The zero-order chi connectivity index (χ0) is 18.5. The first-order valence-electron chi connectivity index (χ1n) is 7.82. The molecular formula is C20H16N4O2. The standard InChI is InChI=1S/C20H16N4O2/c1-3-19(25)23-15-7-8-18-17(10-15)20(13(11-21)12-22-18)24-14-5-4-6-16(9-14)26-2/h3-10,12H,1H2,2H3,(H,22,24)(H,23,25). The summed E-state index contributed by atoms with van der Waals surface area (Å²) >= 11 is 0. The number of fused-ring (bicyclic) bond motifs is 1. The second-order valence-corrected chi connectivity index (χ2v) is 5.44. The average Bonchev–Trinajstić information content (AvgIpc) is 2.68. The molecule has 6 heteroatoms. The number of methoxy groups -OCH3 is 1. The van der Waals surface area contributed by atoms with Crippen LogP contribution in [0, 0.1) is 11.3 Å². The van der Waals surface area contributed by atoms with Crippen molar-refractivity contribution in [2.45, 2.75) is 0 Å². The van der Waals surface area contributed by atoms with Crippen molar-refractivity contribution in [1.82, 2.24) is 4.98 Å². The molecule has 0 aliphatic carbocycles. The largest absolute Gasteiger partial charge is 0.497 e. The molecule has 0 unspecified atom stereocenters. The Kier molecular flexibility index (Phi) is 4.81. The van der Waals surface area contributed by atoms with Crippen LogP contribution in [-0.2, 0) is 4.79 Å². The van der Waals surface area contributed by atoms with Crippen LogP contribution in [0.2, 0.25) is 0 Å². The number of carbonyl (C=O) groups is 1. The molecule has 26 heavy (non-hydrogen) atoms. The van der Waals surface area contributed by atoms with Crippen LogP contribution in [0.4, 0.5) is 17.1 Å². The summed E-state index contributed by atoms with van der Waals surface area (Å²) in [5, 5.41) is 16.2. The normalized spacial score (nSPS) is 10.0. The molecule has 1 heterocycles. The summed E-state index contributed by atoms with van der Waals surface area (Å²) in [6, 6.07) is 14.8. The molecule has 128 valence electrons. The van der Waals surface area contributed by atoms with Gasteiger partial charge in [-0.3, -0.25) is 9.78 Å². The van der Waals surface area contributed by atoms with Crippen LogP contribution in [0.15, 0.2) is 61.3 Å². The lowest BCUT2D eigenvalue weighted by Gasteiger charge is -2.13. The van der Waals surface area contributed by atoms with E-state index in [1.54, 1.807) is 25.3 Å². The fourth-order valence-corrected chi connectivity index (χ4v) is 2.53. The maximum absolute atomic E-state index is 11.6. The number of aromatic nitrogens is 1. The summed E-state index contributed by atoms with van der Waals surface area (Å²) in [4.78, 5) is 15.9. The number of nitriles is 1. The number of ether oxygens (including phenoxy) is 1.